The lowest BCUT2D eigenvalue weighted by atomic mass is 9.77. The van der Waals surface area contributed by atoms with Crippen LogP contribution in [0.1, 0.15) is 45.0 Å². The number of fused-ring (bicyclic) bond motifs is 1. The minimum Gasteiger partial charge on any atom is -0.455 e. The Bertz CT molecular complexity index is 1360. The van der Waals surface area contributed by atoms with Gasteiger partial charge in [0.25, 0.3) is 17.2 Å². The maximum absolute atomic E-state index is 14.7. The lowest BCUT2D eigenvalue weighted by Gasteiger charge is -2.32. The Labute approximate surface area is 210 Å². The number of hydrogen-bond acceptors (Lipinski definition) is 5. The molecule has 0 saturated carbocycles. The Morgan fingerprint density at radius 1 is 1.14 bits per heavy atom. The second-order valence-electron chi connectivity index (χ2n) is 9.43. The predicted molar refractivity (Wildman–Crippen MR) is 134 cm³/mol. The third-order valence-corrected chi connectivity index (χ3v) is 7.55. The summed E-state index contributed by atoms with van der Waals surface area (Å²) in [5, 5.41) is 2.83. The fourth-order valence-electron chi connectivity index (χ4n) is 4.10. The maximum atomic E-state index is 14.7. The van der Waals surface area contributed by atoms with Crippen molar-refractivity contribution in [3.8, 4) is 11.3 Å². The van der Waals surface area contributed by atoms with E-state index in [4.69, 9.17) is 13.7 Å². The molecule has 36 heavy (non-hydrogen) atoms. The Morgan fingerprint density at radius 2 is 1.78 bits per heavy atom. The van der Waals surface area contributed by atoms with Gasteiger partial charge < -0.3 is 19.0 Å². The van der Waals surface area contributed by atoms with Gasteiger partial charge in [-0.2, -0.15) is 0 Å². The SMILES string of the molecule is CCN(c1cc2oc(-c3ccc(F)cc3F)c(C(=O)NC)c2cc1B1OC(C)(C)C(C)(C)O1)S(=O)O. The number of anilines is 1. The largest absolute Gasteiger partial charge is 0.497 e. The molecular formula is C24H27BF2N2O6S. The number of halogens is 2. The quantitative estimate of drug-likeness (QED) is 0.377. The molecule has 0 aliphatic carbocycles. The molecule has 192 valence electrons. The average Bonchev–Trinajstić information content (AvgIpc) is 3.25. The van der Waals surface area contributed by atoms with Crippen molar-refractivity contribution in [1.29, 1.82) is 0 Å². The number of amides is 1. The van der Waals surface area contributed by atoms with E-state index in [-0.39, 0.29) is 34.7 Å². The highest BCUT2D eigenvalue weighted by Gasteiger charge is 2.52. The van der Waals surface area contributed by atoms with Crippen molar-refractivity contribution >= 4 is 46.4 Å². The van der Waals surface area contributed by atoms with Crippen molar-refractivity contribution in [3.05, 3.63) is 47.5 Å². The molecular weight excluding hydrogens is 493 g/mol. The predicted octanol–water partition coefficient (Wildman–Crippen LogP) is 4.00. The van der Waals surface area contributed by atoms with Gasteiger partial charge in [0.1, 0.15) is 17.2 Å². The molecule has 4 rings (SSSR count). The van der Waals surface area contributed by atoms with Gasteiger partial charge in [0, 0.05) is 36.6 Å². The summed E-state index contributed by atoms with van der Waals surface area (Å²) in [6.07, 6.45) is 0. The van der Waals surface area contributed by atoms with Crippen molar-refractivity contribution in [2.24, 2.45) is 0 Å². The molecule has 1 aliphatic heterocycles. The summed E-state index contributed by atoms with van der Waals surface area (Å²) in [5.41, 5.74) is -0.663. The molecule has 1 fully saturated rings. The molecule has 1 aliphatic rings. The zero-order chi connectivity index (χ0) is 26.6. The second-order valence-corrected chi connectivity index (χ2v) is 10.3. The Kier molecular flexibility index (Phi) is 6.76. The molecule has 12 heteroatoms. The van der Waals surface area contributed by atoms with Gasteiger partial charge in [-0.3, -0.25) is 13.7 Å². The van der Waals surface area contributed by atoms with Gasteiger partial charge in [0.05, 0.1) is 28.0 Å². The van der Waals surface area contributed by atoms with Crippen molar-refractivity contribution in [2.75, 3.05) is 17.9 Å². The molecule has 1 aromatic heterocycles. The lowest BCUT2D eigenvalue weighted by Crippen LogP contribution is -2.41. The first-order chi connectivity index (χ1) is 16.8. The van der Waals surface area contributed by atoms with Crippen LogP contribution in [0.15, 0.2) is 34.7 Å². The summed E-state index contributed by atoms with van der Waals surface area (Å²) in [6, 6.07) is 6.03. The summed E-state index contributed by atoms with van der Waals surface area (Å²) in [7, 11) is 0.480. The van der Waals surface area contributed by atoms with Crippen LogP contribution in [-0.2, 0) is 20.6 Å². The number of carbonyl (C=O) groups is 1. The molecule has 1 saturated heterocycles. The minimum absolute atomic E-state index is 0.0236. The van der Waals surface area contributed by atoms with E-state index in [1.165, 1.54) is 23.5 Å². The molecule has 0 bridgehead atoms. The van der Waals surface area contributed by atoms with Gasteiger partial charge in [-0.15, -0.1) is 0 Å². The Morgan fingerprint density at radius 3 is 2.31 bits per heavy atom. The van der Waals surface area contributed by atoms with Crippen molar-refractivity contribution in [1.82, 2.24) is 5.32 Å². The number of rotatable bonds is 6. The first-order valence-electron chi connectivity index (χ1n) is 11.3. The normalized spacial score (nSPS) is 17.4. The van der Waals surface area contributed by atoms with Gasteiger partial charge >= 0.3 is 7.12 Å². The monoisotopic (exact) mass is 520 g/mol. The van der Waals surface area contributed by atoms with E-state index in [2.05, 4.69) is 5.32 Å². The Balaban J connectivity index is 2.03. The van der Waals surface area contributed by atoms with Gasteiger partial charge in [-0.05, 0) is 52.8 Å². The van der Waals surface area contributed by atoms with Crippen LogP contribution >= 0.6 is 0 Å². The maximum Gasteiger partial charge on any atom is 0.497 e. The van der Waals surface area contributed by atoms with E-state index >= 15 is 0 Å². The standard InChI is InChI=1S/C24H27BF2N2O6S/c1-7-29(36(31)32)18-12-19-15(11-16(18)25-34-23(2,3)24(4,5)35-25)20(22(30)28-6)21(33-19)14-9-8-13(26)10-17(14)27/h8-12H,7H2,1-6H3,(H,28,30)(H,31,32). The van der Waals surface area contributed by atoms with E-state index < -0.39 is 47.1 Å². The van der Waals surface area contributed by atoms with Crippen molar-refractivity contribution in [2.45, 2.75) is 45.8 Å². The number of furan rings is 1. The summed E-state index contributed by atoms with van der Waals surface area (Å²) >= 11 is -2.40. The van der Waals surface area contributed by atoms with E-state index in [1.807, 2.05) is 27.7 Å². The fraction of sp³-hybridized carbons (Fsp3) is 0.375. The number of carbonyl (C=O) groups excluding carboxylic acids is 1. The smallest absolute Gasteiger partial charge is 0.455 e. The van der Waals surface area contributed by atoms with Crippen LogP contribution in [0, 0.1) is 11.6 Å². The number of hydrogen-bond donors (Lipinski definition) is 2. The molecule has 1 unspecified atom stereocenters. The molecule has 2 aromatic carbocycles. The van der Waals surface area contributed by atoms with Crippen LogP contribution in [0.3, 0.4) is 0 Å². The zero-order valence-electron chi connectivity index (χ0n) is 20.8. The van der Waals surface area contributed by atoms with Crippen LogP contribution in [0.25, 0.3) is 22.3 Å². The van der Waals surface area contributed by atoms with Crippen molar-refractivity contribution in [3.63, 3.8) is 0 Å². The summed E-state index contributed by atoms with van der Waals surface area (Å²) < 4.78 is 70.0. The number of nitrogens with one attached hydrogen (secondary N) is 1. The summed E-state index contributed by atoms with van der Waals surface area (Å²) in [6.45, 7) is 9.34. The molecule has 8 nitrogen and oxygen atoms in total. The first-order valence-corrected chi connectivity index (χ1v) is 12.4. The lowest BCUT2D eigenvalue weighted by molar-refractivity contribution is 0.00578. The number of benzene rings is 2. The fourth-order valence-corrected chi connectivity index (χ4v) is 4.65. The van der Waals surface area contributed by atoms with Gasteiger partial charge in [-0.1, -0.05) is 0 Å². The topological polar surface area (TPSA) is 101 Å². The van der Waals surface area contributed by atoms with Crippen LogP contribution < -0.4 is 15.1 Å². The second kappa shape index (κ2) is 9.26. The van der Waals surface area contributed by atoms with E-state index in [0.29, 0.717) is 16.9 Å². The third-order valence-electron chi connectivity index (χ3n) is 6.72. The van der Waals surface area contributed by atoms with Crippen LogP contribution in [-0.4, -0.2) is 46.6 Å². The van der Waals surface area contributed by atoms with Crippen molar-refractivity contribution < 1.29 is 36.1 Å². The van der Waals surface area contributed by atoms with E-state index in [0.717, 1.165) is 6.07 Å². The van der Waals surface area contributed by atoms with Gasteiger partial charge in [0.2, 0.25) is 0 Å². The summed E-state index contributed by atoms with van der Waals surface area (Å²) in [5.74, 6) is -2.34. The van der Waals surface area contributed by atoms with Crippen LogP contribution in [0.5, 0.6) is 0 Å². The van der Waals surface area contributed by atoms with Gasteiger partial charge in [0.15, 0.2) is 5.76 Å². The highest BCUT2D eigenvalue weighted by molar-refractivity contribution is 7.80. The molecule has 2 N–H and O–H groups in total. The molecule has 0 radical (unpaired) electrons. The van der Waals surface area contributed by atoms with E-state index in [9.17, 15) is 22.3 Å². The summed E-state index contributed by atoms with van der Waals surface area (Å²) in [4.78, 5) is 13.0. The number of nitrogens with zero attached hydrogens (tertiary/aromatic N) is 1. The first kappa shape index (κ1) is 26.3. The van der Waals surface area contributed by atoms with Crippen LogP contribution in [0.4, 0.5) is 14.5 Å². The molecule has 3 aromatic rings. The van der Waals surface area contributed by atoms with E-state index in [1.54, 1.807) is 13.0 Å². The highest BCUT2D eigenvalue weighted by Crippen LogP contribution is 2.40. The average molecular weight is 520 g/mol. The zero-order valence-corrected chi connectivity index (χ0v) is 21.6. The molecule has 1 amide bonds. The third kappa shape index (κ3) is 4.32. The molecule has 2 heterocycles. The Hall–Kier alpha value is -2.80. The highest BCUT2D eigenvalue weighted by atomic mass is 32.2. The molecule has 1 atom stereocenters. The molecule has 0 spiro atoms. The van der Waals surface area contributed by atoms with Crippen LogP contribution in [0.2, 0.25) is 0 Å². The van der Waals surface area contributed by atoms with Gasteiger partial charge in [-0.25, -0.2) is 13.0 Å². The minimum atomic E-state index is -2.40.